The number of nitrogens with one attached hydrogen (secondary N) is 1. The van der Waals surface area contributed by atoms with Crippen LogP contribution in [0.15, 0.2) is 40.0 Å². The number of rotatable bonds is 6. The first-order valence-electron chi connectivity index (χ1n) is 7.31. The maximum absolute atomic E-state index is 12.3. The fourth-order valence-corrected chi connectivity index (χ4v) is 3.99. The second-order valence-electron chi connectivity index (χ2n) is 5.33. The Bertz CT molecular complexity index is 908. The van der Waals surface area contributed by atoms with E-state index in [0.29, 0.717) is 31.0 Å². The number of nitrogens with zero attached hydrogens (tertiary/aromatic N) is 3. The smallest absolute Gasteiger partial charge is 0.245 e. The Morgan fingerprint density at radius 2 is 2.13 bits per heavy atom. The molecule has 0 unspecified atom stereocenters. The molecule has 0 aromatic carbocycles. The lowest BCUT2D eigenvalue weighted by Crippen LogP contribution is -2.26. The van der Waals surface area contributed by atoms with E-state index in [1.54, 1.807) is 20.0 Å². The highest BCUT2D eigenvalue weighted by molar-refractivity contribution is 7.89. The number of sulfonamides is 1. The van der Waals surface area contributed by atoms with Crippen LogP contribution < -0.4 is 4.72 Å². The van der Waals surface area contributed by atoms with E-state index in [2.05, 4.69) is 14.9 Å². The number of aromatic nitrogens is 3. The summed E-state index contributed by atoms with van der Waals surface area (Å²) in [5, 5.41) is 4.75. The molecule has 0 spiro atoms. The zero-order chi connectivity index (χ0) is 16.4. The van der Waals surface area contributed by atoms with Crippen molar-refractivity contribution in [3.63, 3.8) is 0 Å². The first-order chi connectivity index (χ1) is 11.0. The van der Waals surface area contributed by atoms with E-state index in [4.69, 9.17) is 4.52 Å². The Labute approximate surface area is 134 Å². The minimum absolute atomic E-state index is 0.130. The summed E-state index contributed by atoms with van der Waals surface area (Å²) in [4.78, 5) is 4.47. The van der Waals surface area contributed by atoms with E-state index in [0.717, 1.165) is 11.0 Å². The molecule has 0 radical (unpaired) electrons. The molecule has 0 fully saturated rings. The Hall–Kier alpha value is -2.19. The molecule has 3 heterocycles. The molecule has 3 rings (SSSR count). The molecule has 0 aliphatic rings. The highest BCUT2D eigenvalue weighted by Crippen LogP contribution is 2.18. The fourth-order valence-electron chi connectivity index (χ4n) is 2.59. The van der Waals surface area contributed by atoms with E-state index < -0.39 is 10.0 Å². The van der Waals surface area contributed by atoms with Crippen LogP contribution in [0.1, 0.15) is 17.9 Å². The van der Waals surface area contributed by atoms with Gasteiger partial charge in [-0.1, -0.05) is 5.16 Å². The minimum Gasteiger partial charge on any atom is -0.360 e. The molecule has 0 bridgehead atoms. The van der Waals surface area contributed by atoms with Crippen molar-refractivity contribution in [2.24, 2.45) is 0 Å². The van der Waals surface area contributed by atoms with Gasteiger partial charge in [-0.25, -0.2) is 18.1 Å². The van der Waals surface area contributed by atoms with Crippen LogP contribution in [0.5, 0.6) is 0 Å². The van der Waals surface area contributed by atoms with Crippen LogP contribution in [-0.2, 0) is 16.6 Å². The van der Waals surface area contributed by atoms with Gasteiger partial charge in [0.1, 0.15) is 16.2 Å². The molecule has 0 aliphatic carbocycles. The summed E-state index contributed by atoms with van der Waals surface area (Å²) in [6, 6.07) is 5.89. The molecule has 3 aromatic rings. The van der Waals surface area contributed by atoms with E-state index in [1.807, 2.05) is 29.0 Å². The monoisotopic (exact) mass is 334 g/mol. The number of fused-ring (bicyclic) bond motifs is 1. The second kappa shape index (κ2) is 6.13. The van der Waals surface area contributed by atoms with Gasteiger partial charge in [-0.2, -0.15) is 0 Å². The molecule has 1 N–H and O–H groups in total. The van der Waals surface area contributed by atoms with Crippen LogP contribution in [0.25, 0.3) is 11.0 Å². The Morgan fingerprint density at radius 3 is 2.87 bits per heavy atom. The fraction of sp³-hybridized carbons (Fsp3) is 0.333. The van der Waals surface area contributed by atoms with Gasteiger partial charge in [0.05, 0.1) is 0 Å². The highest BCUT2D eigenvalue weighted by Gasteiger charge is 2.23. The van der Waals surface area contributed by atoms with Gasteiger partial charge in [-0.05, 0) is 38.5 Å². The van der Waals surface area contributed by atoms with Crippen LogP contribution >= 0.6 is 0 Å². The van der Waals surface area contributed by atoms with Gasteiger partial charge in [0.2, 0.25) is 10.0 Å². The van der Waals surface area contributed by atoms with E-state index in [9.17, 15) is 8.42 Å². The lowest BCUT2D eigenvalue weighted by molar-refractivity contribution is 0.390. The SMILES string of the molecule is Cc1noc(C)c1S(=O)(=O)NCCCn1ccc2cccnc21. The van der Waals surface area contributed by atoms with Crippen LogP contribution in [0.4, 0.5) is 0 Å². The maximum Gasteiger partial charge on any atom is 0.245 e. The van der Waals surface area contributed by atoms with Crippen molar-refractivity contribution >= 4 is 21.1 Å². The summed E-state index contributed by atoms with van der Waals surface area (Å²) in [6.07, 6.45) is 4.36. The Kier molecular flexibility index (Phi) is 4.18. The first kappa shape index (κ1) is 15.7. The third kappa shape index (κ3) is 3.13. The average Bonchev–Trinajstić information content (AvgIpc) is 3.08. The molecule has 0 saturated carbocycles. The number of hydrogen-bond acceptors (Lipinski definition) is 5. The zero-order valence-electron chi connectivity index (χ0n) is 13.0. The molecule has 122 valence electrons. The molecule has 7 nitrogen and oxygen atoms in total. The number of aryl methyl sites for hydroxylation is 3. The molecule has 8 heteroatoms. The van der Waals surface area contributed by atoms with Crippen molar-refractivity contribution in [1.29, 1.82) is 0 Å². The van der Waals surface area contributed by atoms with Crippen LogP contribution in [0.2, 0.25) is 0 Å². The van der Waals surface area contributed by atoms with Crippen molar-refractivity contribution in [3.05, 3.63) is 42.0 Å². The van der Waals surface area contributed by atoms with Gasteiger partial charge < -0.3 is 9.09 Å². The zero-order valence-corrected chi connectivity index (χ0v) is 13.8. The van der Waals surface area contributed by atoms with Crippen molar-refractivity contribution < 1.29 is 12.9 Å². The topological polar surface area (TPSA) is 90.0 Å². The largest absolute Gasteiger partial charge is 0.360 e. The summed E-state index contributed by atoms with van der Waals surface area (Å²) in [5.74, 6) is 0.301. The van der Waals surface area contributed by atoms with Crippen molar-refractivity contribution in [2.75, 3.05) is 6.54 Å². The van der Waals surface area contributed by atoms with Crippen LogP contribution in [0.3, 0.4) is 0 Å². The lowest BCUT2D eigenvalue weighted by Gasteiger charge is -2.07. The lowest BCUT2D eigenvalue weighted by atomic mass is 10.3. The van der Waals surface area contributed by atoms with Crippen LogP contribution in [0, 0.1) is 13.8 Å². The minimum atomic E-state index is -3.59. The molecular formula is C15H18N4O3S. The summed E-state index contributed by atoms with van der Waals surface area (Å²) in [7, 11) is -3.59. The highest BCUT2D eigenvalue weighted by atomic mass is 32.2. The van der Waals surface area contributed by atoms with E-state index >= 15 is 0 Å². The molecule has 0 saturated heterocycles. The second-order valence-corrected chi connectivity index (χ2v) is 7.03. The summed E-state index contributed by atoms with van der Waals surface area (Å²) in [6.45, 7) is 4.22. The summed E-state index contributed by atoms with van der Waals surface area (Å²) >= 11 is 0. The van der Waals surface area contributed by atoms with Crippen molar-refractivity contribution in [3.8, 4) is 0 Å². The average molecular weight is 334 g/mol. The normalized spacial score (nSPS) is 12.1. The summed E-state index contributed by atoms with van der Waals surface area (Å²) < 4.78 is 34.1. The predicted octanol–water partition coefficient (Wildman–Crippen LogP) is 2.01. The number of pyridine rings is 1. The van der Waals surface area contributed by atoms with Crippen molar-refractivity contribution in [1.82, 2.24) is 19.4 Å². The number of hydrogen-bond donors (Lipinski definition) is 1. The standard InChI is InChI=1S/C15H18N4O3S/c1-11-14(12(2)22-18-11)23(20,21)17-8-4-9-19-10-6-13-5-3-7-16-15(13)19/h3,5-7,10,17H,4,8-9H2,1-2H3. The van der Waals surface area contributed by atoms with Crippen molar-refractivity contribution in [2.45, 2.75) is 31.7 Å². The molecule has 0 atom stereocenters. The van der Waals surface area contributed by atoms with Gasteiger partial charge in [-0.3, -0.25) is 0 Å². The van der Waals surface area contributed by atoms with Gasteiger partial charge in [0, 0.05) is 30.9 Å². The third-order valence-corrected chi connectivity index (χ3v) is 5.33. The quantitative estimate of drug-likeness (QED) is 0.696. The Morgan fingerprint density at radius 1 is 1.30 bits per heavy atom. The molecule has 0 amide bonds. The summed E-state index contributed by atoms with van der Waals surface area (Å²) in [5.41, 5.74) is 1.27. The molecule has 23 heavy (non-hydrogen) atoms. The van der Waals surface area contributed by atoms with Gasteiger partial charge in [0.15, 0.2) is 5.76 Å². The van der Waals surface area contributed by atoms with Gasteiger partial charge >= 0.3 is 0 Å². The van der Waals surface area contributed by atoms with Crippen LogP contribution in [-0.4, -0.2) is 29.7 Å². The van der Waals surface area contributed by atoms with E-state index in [1.165, 1.54) is 0 Å². The molecular weight excluding hydrogens is 316 g/mol. The third-order valence-electron chi connectivity index (χ3n) is 3.63. The predicted molar refractivity (Wildman–Crippen MR) is 85.5 cm³/mol. The maximum atomic E-state index is 12.3. The Balaban J connectivity index is 1.62. The first-order valence-corrected chi connectivity index (χ1v) is 8.80. The van der Waals surface area contributed by atoms with Gasteiger partial charge in [0.25, 0.3) is 0 Å². The van der Waals surface area contributed by atoms with E-state index in [-0.39, 0.29) is 4.90 Å². The van der Waals surface area contributed by atoms with Gasteiger partial charge in [-0.15, -0.1) is 0 Å². The molecule has 0 aliphatic heterocycles. The molecule has 3 aromatic heterocycles.